The SMILES string of the molecule is COc1ccc(CN(C)C(=O)CN2CCC(C(C)O)C2)cc1. The molecule has 0 radical (unpaired) electrons. The Morgan fingerprint density at radius 1 is 1.45 bits per heavy atom. The minimum Gasteiger partial charge on any atom is -0.497 e. The third-order valence-electron chi connectivity index (χ3n) is 4.35. The summed E-state index contributed by atoms with van der Waals surface area (Å²) in [6.07, 6.45) is 0.671. The van der Waals surface area contributed by atoms with Crippen LogP contribution in [0, 0.1) is 5.92 Å². The van der Waals surface area contributed by atoms with Gasteiger partial charge in [-0.25, -0.2) is 0 Å². The monoisotopic (exact) mass is 306 g/mol. The van der Waals surface area contributed by atoms with Crippen molar-refractivity contribution in [2.45, 2.75) is 26.0 Å². The van der Waals surface area contributed by atoms with E-state index in [1.165, 1.54) is 0 Å². The summed E-state index contributed by atoms with van der Waals surface area (Å²) in [5.41, 5.74) is 1.08. The summed E-state index contributed by atoms with van der Waals surface area (Å²) in [4.78, 5) is 16.2. The van der Waals surface area contributed by atoms with Crippen LogP contribution in [0.15, 0.2) is 24.3 Å². The van der Waals surface area contributed by atoms with E-state index in [0.717, 1.165) is 30.8 Å². The fourth-order valence-corrected chi connectivity index (χ4v) is 2.80. The van der Waals surface area contributed by atoms with E-state index in [4.69, 9.17) is 4.74 Å². The van der Waals surface area contributed by atoms with Crippen LogP contribution in [0.2, 0.25) is 0 Å². The molecule has 2 rings (SSSR count). The minimum atomic E-state index is -0.294. The van der Waals surface area contributed by atoms with Crippen LogP contribution in [0.25, 0.3) is 0 Å². The zero-order valence-electron chi connectivity index (χ0n) is 13.7. The van der Waals surface area contributed by atoms with Gasteiger partial charge >= 0.3 is 0 Å². The molecule has 1 aromatic rings. The standard InChI is InChI=1S/C17H26N2O3/c1-13(20)15-8-9-19(11-15)12-17(21)18(2)10-14-4-6-16(22-3)7-5-14/h4-7,13,15,20H,8-12H2,1-3H3. The number of hydrogen-bond acceptors (Lipinski definition) is 4. The number of rotatable bonds is 6. The summed E-state index contributed by atoms with van der Waals surface area (Å²) < 4.78 is 5.13. The second-order valence-electron chi connectivity index (χ2n) is 6.12. The van der Waals surface area contributed by atoms with E-state index < -0.39 is 0 Å². The molecule has 122 valence electrons. The van der Waals surface area contributed by atoms with Gasteiger partial charge in [0.25, 0.3) is 0 Å². The lowest BCUT2D eigenvalue weighted by atomic mass is 10.0. The van der Waals surface area contributed by atoms with E-state index >= 15 is 0 Å². The van der Waals surface area contributed by atoms with E-state index in [1.807, 2.05) is 38.2 Å². The molecule has 1 saturated heterocycles. The first-order valence-electron chi connectivity index (χ1n) is 7.77. The summed E-state index contributed by atoms with van der Waals surface area (Å²) >= 11 is 0. The number of likely N-dealkylation sites (tertiary alicyclic amines) is 1. The van der Waals surface area contributed by atoms with Crippen molar-refractivity contribution in [3.63, 3.8) is 0 Å². The van der Waals surface area contributed by atoms with Crippen LogP contribution in [0.1, 0.15) is 18.9 Å². The van der Waals surface area contributed by atoms with Crippen LogP contribution in [0.4, 0.5) is 0 Å². The first-order chi connectivity index (χ1) is 10.5. The molecule has 1 aliphatic rings. The van der Waals surface area contributed by atoms with Crippen LogP contribution in [-0.2, 0) is 11.3 Å². The van der Waals surface area contributed by atoms with Crippen molar-refractivity contribution in [3.05, 3.63) is 29.8 Å². The number of carbonyl (C=O) groups excluding carboxylic acids is 1. The molecule has 1 heterocycles. The first-order valence-corrected chi connectivity index (χ1v) is 7.77. The van der Waals surface area contributed by atoms with E-state index in [2.05, 4.69) is 4.90 Å². The molecule has 5 heteroatoms. The van der Waals surface area contributed by atoms with Gasteiger partial charge in [-0.1, -0.05) is 12.1 Å². The second-order valence-corrected chi connectivity index (χ2v) is 6.12. The second kappa shape index (κ2) is 7.61. The Morgan fingerprint density at radius 3 is 2.68 bits per heavy atom. The highest BCUT2D eigenvalue weighted by molar-refractivity contribution is 5.78. The van der Waals surface area contributed by atoms with E-state index in [0.29, 0.717) is 19.0 Å². The van der Waals surface area contributed by atoms with Crippen LogP contribution >= 0.6 is 0 Å². The fourth-order valence-electron chi connectivity index (χ4n) is 2.80. The number of amides is 1. The summed E-state index contributed by atoms with van der Waals surface area (Å²) in [5, 5.41) is 9.62. The number of likely N-dealkylation sites (N-methyl/N-ethyl adjacent to an activating group) is 1. The van der Waals surface area contributed by atoms with Crippen molar-refractivity contribution in [1.82, 2.24) is 9.80 Å². The number of methoxy groups -OCH3 is 1. The minimum absolute atomic E-state index is 0.113. The number of nitrogens with zero attached hydrogens (tertiary/aromatic N) is 2. The maximum Gasteiger partial charge on any atom is 0.236 e. The van der Waals surface area contributed by atoms with Gasteiger partial charge in [-0.05, 0) is 43.5 Å². The van der Waals surface area contributed by atoms with Gasteiger partial charge in [0.2, 0.25) is 5.91 Å². The van der Waals surface area contributed by atoms with Crippen molar-refractivity contribution in [1.29, 1.82) is 0 Å². The molecule has 0 bridgehead atoms. The summed E-state index contributed by atoms with van der Waals surface area (Å²) in [6.45, 7) is 4.54. The molecule has 0 aliphatic carbocycles. The molecule has 0 aromatic heterocycles. The molecule has 1 fully saturated rings. The summed E-state index contributed by atoms with van der Waals surface area (Å²) in [6, 6.07) is 7.76. The zero-order valence-corrected chi connectivity index (χ0v) is 13.7. The highest BCUT2D eigenvalue weighted by Crippen LogP contribution is 2.19. The first kappa shape index (κ1) is 16.8. The lowest BCUT2D eigenvalue weighted by molar-refractivity contribution is -0.131. The third-order valence-corrected chi connectivity index (χ3v) is 4.35. The molecule has 1 N–H and O–H groups in total. The van der Waals surface area contributed by atoms with Gasteiger partial charge in [0.15, 0.2) is 0 Å². The molecule has 5 nitrogen and oxygen atoms in total. The summed E-state index contributed by atoms with van der Waals surface area (Å²) in [5.74, 6) is 1.22. The number of hydrogen-bond donors (Lipinski definition) is 1. The van der Waals surface area contributed by atoms with Gasteiger partial charge in [-0.2, -0.15) is 0 Å². The Hall–Kier alpha value is -1.59. The van der Waals surface area contributed by atoms with E-state index in [1.54, 1.807) is 12.0 Å². The predicted molar refractivity (Wildman–Crippen MR) is 85.7 cm³/mol. The largest absolute Gasteiger partial charge is 0.497 e. The third kappa shape index (κ3) is 4.45. The Kier molecular flexibility index (Phi) is 5.80. The van der Waals surface area contributed by atoms with Crippen LogP contribution < -0.4 is 4.74 Å². The normalized spacial score (nSPS) is 19.9. The van der Waals surface area contributed by atoms with Crippen molar-refractivity contribution in [2.24, 2.45) is 5.92 Å². The van der Waals surface area contributed by atoms with Gasteiger partial charge in [0, 0.05) is 20.1 Å². The van der Waals surface area contributed by atoms with Gasteiger partial charge in [-0.3, -0.25) is 9.69 Å². The number of aliphatic hydroxyl groups is 1. The Bertz CT molecular complexity index is 487. The summed E-state index contributed by atoms with van der Waals surface area (Å²) in [7, 11) is 3.47. The van der Waals surface area contributed by atoms with Gasteiger partial charge in [-0.15, -0.1) is 0 Å². The van der Waals surface area contributed by atoms with Crippen LogP contribution in [-0.4, -0.2) is 60.7 Å². The lowest BCUT2D eigenvalue weighted by Gasteiger charge is -2.22. The zero-order chi connectivity index (χ0) is 16.1. The highest BCUT2D eigenvalue weighted by atomic mass is 16.5. The smallest absolute Gasteiger partial charge is 0.236 e. The number of carbonyl (C=O) groups is 1. The Labute approximate surface area is 132 Å². The molecule has 2 unspecified atom stereocenters. The van der Waals surface area contributed by atoms with Crippen molar-refractivity contribution in [2.75, 3.05) is 33.8 Å². The van der Waals surface area contributed by atoms with E-state index in [9.17, 15) is 9.90 Å². The average molecular weight is 306 g/mol. The molecule has 1 amide bonds. The van der Waals surface area contributed by atoms with Crippen molar-refractivity contribution < 1.29 is 14.6 Å². The van der Waals surface area contributed by atoms with Crippen molar-refractivity contribution in [3.8, 4) is 5.75 Å². The lowest BCUT2D eigenvalue weighted by Crippen LogP contribution is -2.37. The highest BCUT2D eigenvalue weighted by Gasteiger charge is 2.27. The fraction of sp³-hybridized carbons (Fsp3) is 0.588. The maximum absolute atomic E-state index is 12.3. The maximum atomic E-state index is 12.3. The number of ether oxygens (including phenoxy) is 1. The molecule has 1 aromatic carbocycles. The van der Waals surface area contributed by atoms with Crippen LogP contribution in [0.3, 0.4) is 0 Å². The number of aliphatic hydroxyl groups excluding tert-OH is 1. The predicted octanol–water partition coefficient (Wildman–Crippen LogP) is 1.36. The molecule has 0 saturated carbocycles. The van der Waals surface area contributed by atoms with Crippen LogP contribution in [0.5, 0.6) is 5.75 Å². The molecular weight excluding hydrogens is 280 g/mol. The molecule has 1 aliphatic heterocycles. The quantitative estimate of drug-likeness (QED) is 0.862. The molecule has 2 atom stereocenters. The van der Waals surface area contributed by atoms with Gasteiger partial charge in [0.05, 0.1) is 19.8 Å². The Balaban J connectivity index is 1.81. The van der Waals surface area contributed by atoms with Crippen molar-refractivity contribution >= 4 is 5.91 Å². The molecule has 0 spiro atoms. The topological polar surface area (TPSA) is 53.0 Å². The van der Waals surface area contributed by atoms with Gasteiger partial charge in [0.1, 0.15) is 5.75 Å². The van der Waals surface area contributed by atoms with E-state index in [-0.39, 0.29) is 12.0 Å². The molecular formula is C17H26N2O3. The Morgan fingerprint density at radius 2 is 2.14 bits per heavy atom. The molecule has 22 heavy (non-hydrogen) atoms. The average Bonchev–Trinajstić information content (AvgIpc) is 2.96. The number of benzene rings is 1. The van der Waals surface area contributed by atoms with Gasteiger partial charge < -0.3 is 14.7 Å².